The van der Waals surface area contributed by atoms with Crippen molar-refractivity contribution in [3.8, 4) is 0 Å². The van der Waals surface area contributed by atoms with E-state index >= 15 is 0 Å². The number of hydrogen-bond acceptors (Lipinski definition) is 2. The van der Waals surface area contributed by atoms with Crippen LogP contribution in [0.25, 0.3) is 0 Å². The Hall–Kier alpha value is -1.25. The molecule has 1 aromatic heterocycles. The van der Waals surface area contributed by atoms with Gasteiger partial charge in [0.1, 0.15) is 0 Å². The van der Waals surface area contributed by atoms with Crippen LogP contribution in [0.1, 0.15) is 36.5 Å². The van der Waals surface area contributed by atoms with E-state index in [1.54, 1.807) is 0 Å². The summed E-state index contributed by atoms with van der Waals surface area (Å²) in [5, 5.41) is 0. The van der Waals surface area contributed by atoms with E-state index in [2.05, 4.69) is 4.98 Å². The molecule has 1 heterocycles. The minimum atomic E-state index is -0.524. The highest BCUT2D eigenvalue weighted by Gasteiger charge is 2.09. The third-order valence-corrected chi connectivity index (χ3v) is 1.83. The van der Waals surface area contributed by atoms with E-state index in [1.165, 1.54) is 12.3 Å². The summed E-state index contributed by atoms with van der Waals surface area (Å²) in [6, 6.07) is 1.42. The van der Waals surface area contributed by atoms with Crippen molar-refractivity contribution in [3.05, 3.63) is 29.8 Å². The Balaban J connectivity index is 2.71. The highest BCUT2D eigenvalue weighted by Crippen LogP contribution is 2.09. The van der Waals surface area contributed by atoms with Gasteiger partial charge < -0.3 is 0 Å². The highest BCUT2D eigenvalue weighted by molar-refractivity contribution is 5.96. The summed E-state index contributed by atoms with van der Waals surface area (Å²) in [5.41, 5.74) is 0.156. The zero-order chi connectivity index (χ0) is 9.68. The van der Waals surface area contributed by atoms with Crippen LogP contribution in [0.15, 0.2) is 18.5 Å². The molecule has 13 heavy (non-hydrogen) atoms. The van der Waals surface area contributed by atoms with Crippen LogP contribution in [0.3, 0.4) is 0 Å². The maximum absolute atomic E-state index is 13.0. The van der Waals surface area contributed by atoms with E-state index in [0.717, 1.165) is 19.0 Å². The molecule has 0 aliphatic carbocycles. The van der Waals surface area contributed by atoms with Gasteiger partial charge in [0, 0.05) is 12.6 Å². The SMILES string of the molecule is CCCCC(=O)c1ccncc1F. The van der Waals surface area contributed by atoms with Gasteiger partial charge in [-0.25, -0.2) is 4.39 Å². The predicted molar refractivity (Wildman–Crippen MR) is 48.1 cm³/mol. The van der Waals surface area contributed by atoms with Crippen molar-refractivity contribution >= 4 is 5.78 Å². The van der Waals surface area contributed by atoms with Gasteiger partial charge in [0.15, 0.2) is 11.6 Å². The first-order valence-electron chi connectivity index (χ1n) is 4.38. The number of Topliss-reactive ketones (excluding diaryl/α,β-unsaturated/α-hetero) is 1. The van der Waals surface area contributed by atoms with E-state index in [9.17, 15) is 9.18 Å². The van der Waals surface area contributed by atoms with Crippen molar-refractivity contribution < 1.29 is 9.18 Å². The lowest BCUT2D eigenvalue weighted by Crippen LogP contribution is -2.02. The fourth-order valence-corrected chi connectivity index (χ4v) is 1.07. The molecule has 0 amide bonds. The molecule has 0 radical (unpaired) electrons. The van der Waals surface area contributed by atoms with Crippen molar-refractivity contribution in [3.63, 3.8) is 0 Å². The van der Waals surface area contributed by atoms with Crippen LogP contribution in [-0.2, 0) is 0 Å². The second-order valence-electron chi connectivity index (χ2n) is 2.88. The van der Waals surface area contributed by atoms with Gasteiger partial charge in [0.25, 0.3) is 0 Å². The van der Waals surface area contributed by atoms with Crippen LogP contribution in [0, 0.1) is 5.82 Å². The first kappa shape index (κ1) is 9.84. The molecule has 0 saturated heterocycles. The Bertz CT molecular complexity index is 299. The zero-order valence-corrected chi connectivity index (χ0v) is 7.59. The first-order chi connectivity index (χ1) is 6.25. The molecule has 70 valence electrons. The predicted octanol–water partition coefficient (Wildman–Crippen LogP) is 2.59. The maximum atomic E-state index is 13.0. The lowest BCUT2D eigenvalue weighted by Gasteiger charge is -1.99. The third-order valence-electron chi connectivity index (χ3n) is 1.83. The minimum Gasteiger partial charge on any atom is -0.294 e. The fourth-order valence-electron chi connectivity index (χ4n) is 1.07. The average molecular weight is 181 g/mol. The molecule has 0 bridgehead atoms. The molecule has 0 aromatic carbocycles. The van der Waals surface area contributed by atoms with E-state index < -0.39 is 5.82 Å². The van der Waals surface area contributed by atoms with Gasteiger partial charge in [-0.3, -0.25) is 9.78 Å². The standard InChI is InChI=1S/C10H12FNO/c1-2-3-4-10(13)8-5-6-12-7-9(8)11/h5-7H,2-4H2,1H3. The lowest BCUT2D eigenvalue weighted by molar-refractivity contribution is 0.0975. The van der Waals surface area contributed by atoms with Gasteiger partial charge in [0.2, 0.25) is 0 Å². The van der Waals surface area contributed by atoms with Crippen LogP contribution >= 0.6 is 0 Å². The molecule has 0 saturated carbocycles. The van der Waals surface area contributed by atoms with Gasteiger partial charge in [-0.2, -0.15) is 0 Å². The Morgan fingerprint density at radius 1 is 1.62 bits per heavy atom. The van der Waals surface area contributed by atoms with Gasteiger partial charge in [-0.15, -0.1) is 0 Å². The summed E-state index contributed by atoms with van der Waals surface area (Å²) < 4.78 is 13.0. The number of hydrogen-bond donors (Lipinski definition) is 0. The number of nitrogens with zero attached hydrogens (tertiary/aromatic N) is 1. The van der Waals surface area contributed by atoms with Crippen LogP contribution in [0.4, 0.5) is 4.39 Å². The summed E-state index contributed by atoms with van der Waals surface area (Å²) in [6.07, 6.45) is 4.66. The van der Waals surface area contributed by atoms with Crippen LogP contribution in [0.2, 0.25) is 0 Å². The maximum Gasteiger partial charge on any atom is 0.165 e. The number of carbonyl (C=O) groups is 1. The molecular weight excluding hydrogens is 169 g/mol. The summed E-state index contributed by atoms with van der Waals surface area (Å²) in [4.78, 5) is 14.9. The smallest absolute Gasteiger partial charge is 0.165 e. The summed E-state index contributed by atoms with van der Waals surface area (Å²) in [6.45, 7) is 2.00. The molecular formula is C10H12FNO. The summed E-state index contributed by atoms with van der Waals surface area (Å²) >= 11 is 0. The van der Waals surface area contributed by atoms with Crippen molar-refractivity contribution in [1.82, 2.24) is 4.98 Å². The quantitative estimate of drug-likeness (QED) is 0.668. The van der Waals surface area contributed by atoms with Crippen molar-refractivity contribution in [2.24, 2.45) is 0 Å². The second-order valence-corrected chi connectivity index (χ2v) is 2.88. The van der Waals surface area contributed by atoms with Gasteiger partial charge in [-0.1, -0.05) is 13.3 Å². The van der Waals surface area contributed by atoms with Gasteiger partial charge in [-0.05, 0) is 12.5 Å². The van der Waals surface area contributed by atoms with E-state index in [-0.39, 0.29) is 11.3 Å². The normalized spacial score (nSPS) is 10.0. The molecule has 1 aromatic rings. The molecule has 0 spiro atoms. The van der Waals surface area contributed by atoms with Gasteiger partial charge >= 0.3 is 0 Å². The third kappa shape index (κ3) is 2.61. The number of rotatable bonds is 4. The monoisotopic (exact) mass is 181 g/mol. The minimum absolute atomic E-state index is 0.137. The molecule has 0 aliphatic heterocycles. The molecule has 0 fully saturated rings. The Morgan fingerprint density at radius 2 is 2.38 bits per heavy atom. The Morgan fingerprint density at radius 3 is 3.00 bits per heavy atom. The highest BCUT2D eigenvalue weighted by atomic mass is 19.1. The van der Waals surface area contributed by atoms with Gasteiger partial charge in [0.05, 0.1) is 11.8 Å². The van der Waals surface area contributed by atoms with Crippen molar-refractivity contribution in [2.75, 3.05) is 0 Å². The Labute approximate surface area is 76.8 Å². The second kappa shape index (κ2) is 4.70. The molecule has 0 N–H and O–H groups in total. The number of ketones is 1. The molecule has 0 aliphatic rings. The summed E-state index contributed by atoms with van der Waals surface area (Å²) in [5.74, 6) is -0.662. The Kier molecular flexibility index (Phi) is 3.55. The zero-order valence-electron chi connectivity index (χ0n) is 7.59. The largest absolute Gasteiger partial charge is 0.294 e. The molecule has 3 heteroatoms. The van der Waals surface area contributed by atoms with Crippen molar-refractivity contribution in [2.45, 2.75) is 26.2 Å². The molecule has 0 atom stereocenters. The number of aromatic nitrogens is 1. The number of unbranched alkanes of at least 4 members (excludes halogenated alkanes) is 1. The van der Waals surface area contributed by atoms with E-state index in [4.69, 9.17) is 0 Å². The average Bonchev–Trinajstić information content (AvgIpc) is 2.15. The van der Waals surface area contributed by atoms with Crippen LogP contribution in [-0.4, -0.2) is 10.8 Å². The lowest BCUT2D eigenvalue weighted by atomic mass is 10.1. The van der Waals surface area contributed by atoms with E-state index in [0.29, 0.717) is 6.42 Å². The number of carbonyl (C=O) groups excluding carboxylic acids is 1. The number of pyridine rings is 1. The molecule has 2 nitrogen and oxygen atoms in total. The summed E-state index contributed by atoms with van der Waals surface area (Å²) in [7, 11) is 0. The van der Waals surface area contributed by atoms with Crippen molar-refractivity contribution in [1.29, 1.82) is 0 Å². The number of halogens is 1. The van der Waals surface area contributed by atoms with E-state index in [1.807, 2.05) is 6.92 Å². The molecule has 0 unspecified atom stereocenters. The topological polar surface area (TPSA) is 30.0 Å². The first-order valence-corrected chi connectivity index (χ1v) is 4.38. The van der Waals surface area contributed by atoms with Crippen LogP contribution in [0.5, 0.6) is 0 Å². The molecule has 1 rings (SSSR count). The fraction of sp³-hybridized carbons (Fsp3) is 0.400. The van der Waals surface area contributed by atoms with Crippen LogP contribution < -0.4 is 0 Å².